The summed E-state index contributed by atoms with van der Waals surface area (Å²) in [5.74, 6) is 1.09. The SMILES string of the molecule is Cc1nc2cnc3[nH]ccc3n2c1[C@@H]1C[C@H](N)C[C@@H]1C. The fourth-order valence-corrected chi connectivity index (χ4v) is 3.77. The lowest BCUT2D eigenvalue weighted by molar-refractivity contribution is 0.517. The number of H-pyrrole nitrogens is 1. The summed E-state index contributed by atoms with van der Waals surface area (Å²) in [6.45, 7) is 4.39. The number of hydrogen-bond acceptors (Lipinski definition) is 3. The topological polar surface area (TPSA) is 72.0 Å². The normalized spacial score (nSPS) is 26.9. The summed E-state index contributed by atoms with van der Waals surface area (Å²) in [7, 11) is 0. The number of aromatic amines is 1. The van der Waals surface area contributed by atoms with E-state index in [0.717, 1.165) is 35.3 Å². The van der Waals surface area contributed by atoms with E-state index in [9.17, 15) is 0 Å². The lowest BCUT2D eigenvalue weighted by atomic mass is 9.93. The van der Waals surface area contributed by atoms with E-state index < -0.39 is 0 Å². The van der Waals surface area contributed by atoms with Crippen LogP contribution in [0, 0.1) is 12.8 Å². The van der Waals surface area contributed by atoms with Crippen LogP contribution in [0.5, 0.6) is 0 Å². The molecular weight excluding hydrogens is 250 g/mol. The first-order chi connectivity index (χ1) is 9.65. The molecule has 104 valence electrons. The maximum atomic E-state index is 6.16. The molecule has 3 aromatic heterocycles. The Bertz CT molecular complexity index is 784. The van der Waals surface area contributed by atoms with E-state index in [1.807, 2.05) is 12.4 Å². The van der Waals surface area contributed by atoms with Crippen molar-refractivity contribution in [3.8, 4) is 0 Å². The Hall–Kier alpha value is -1.88. The van der Waals surface area contributed by atoms with Crippen molar-refractivity contribution in [2.24, 2.45) is 11.7 Å². The van der Waals surface area contributed by atoms with E-state index >= 15 is 0 Å². The van der Waals surface area contributed by atoms with Crippen molar-refractivity contribution >= 4 is 16.8 Å². The molecule has 3 heterocycles. The van der Waals surface area contributed by atoms with E-state index in [0.29, 0.717) is 17.9 Å². The molecule has 3 aromatic rings. The first-order valence-corrected chi connectivity index (χ1v) is 7.21. The Labute approximate surface area is 117 Å². The Morgan fingerprint density at radius 3 is 3.00 bits per heavy atom. The van der Waals surface area contributed by atoms with Crippen molar-refractivity contribution in [2.45, 2.75) is 38.6 Å². The molecule has 0 bridgehead atoms. The molecule has 0 unspecified atom stereocenters. The summed E-state index contributed by atoms with van der Waals surface area (Å²) in [6, 6.07) is 2.38. The minimum atomic E-state index is 0.309. The Balaban J connectivity index is 2.02. The van der Waals surface area contributed by atoms with E-state index in [1.54, 1.807) is 0 Å². The quantitative estimate of drug-likeness (QED) is 0.712. The second-order valence-corrected chi connectivity index (χ2v) is 6.06. The Morgan fingerprint density at radius 1 is 1.40 bits per heavy atom. The van der Waals surface area contributed by atoms with Gasteiger partial charge in [0, 0.05) is 23.9 Å². The van der Waals surface area contributed by atoms with Gasteiger partial charge in [-0.2, -0.15) is 0 Å². The molecular formula is C15H19N5. The maximum Gasteiger partial charge on any atom is 0.156 e. The second kappa shape index (κ2) is 4.06. The molecule has 0 amide bonds. The molecule has 0 aliphatic heterocycles. The van der Waals surface area contributed by atoms with Gasteiger partial charge in [0.15, 0.2) is 11.3 Å². The van der Waals surface area contributed by atoms with Gasteiger partial charge in [0.1, 0.15) is 0 Å². The first kappa shape index (κ1) is 11.9. The average Bonchev–Trinajstić information content (AvgIpc) is 3.05. The number of nitrogens with two attached hydrogens (primary N) is 1. The number of hydrogen-bond donors (Lipinski definition) is 2. The third-order valence-electron chi connectivity index (χ3n) is 4.65. The first-order valence-electron chi connectivity index (χ1n) is 7.21. The van der Waals surface area contributed by atoms with Crippen LogP contribution in [0.1, 0.15) is 37.1 Å². The highest BCUT2D eigenvalue weighted by atomic mass is 15.1. The third-order valence-corrected chi connectivity index (χ3v) is 4.65. The highest BCUT2D eigenvalue weighted by Gasteiger charge is 2.34. The van der Waals surface area contributed by atoms with Gasteiger partial charge in [0.05, 0.1) is 17.4 Å². The van der Waals surface area contributed by atoms with Crippen LogP contribution in [-0.2, 0) is 0 Å². The van der Waals surface area contributed by atoms with Gasteiger partial charge in [0.2, 0.25) is 0 Å². The Kier molecular flexibility index (Phi) is 2.41. The number of nitrogens with zero attached hydrogens (tertiary/aromatic N) is 3. The predicted molar refractivity (Wildman–Crippen MR) is 78.7 cm³/mol. The molecule has 4 rings (SSSR count). The van der Waals surface area contributed by atoms with Gasteiger partial charge in [-0.15, -0.1) is 0 Å². The van der Waals surface area contributed by atoms with Crippen LogP contribution in [0.2, 0.25) is 0 Å². The van der Waals surface area contributed by atoms with Crippen molar-refractivity contribution in [3.05, 3.63) is 29.8 Å². The van der Waals surface area contributed by atoms with Crippen molar-refractivity contribution in [1.82, 2.24) is 19.4 Å². The highest BCUT2D eigenvalue weighted by Crippen LogP contribution is 2.40. The van der Waals surface area contributed by atoms with Gasteiger partial charge in [-0.3, -0.25) is 4.40 Å². The van der Waals surface area contributed by atoms with Gasteiger partial charge in [-0.25, -0.2) is 9.97 Å². The zero-order chi connectivity index (χ0) is 13.9. The minimum Gasteiger partial charge on any atom is -0.345 e. The van der Waals surface area contributed by atoms with Gasteiger partial charge in [0.25, 0.3) is 0 Å². The number of aryl methyl sites for hydroxylation is 1. The van der Waals surface area contributed by atoms with Gasteiger partial charge < -0.3 is 10.7 Å². The highest BCUT2D eigenvalue weighted by molar-refractivity contribution is 5.75. The summed E-state index contributed by atoms with van der Waals surface area (Å²) in [5, 5.41) is 0. The standard InChI is InChI=1S/C15H19N5/c1-8-5-10(16)6-11(8)14-9(2)19-13-7-18-15-12(20(13)14)3-4-17-15/h3-4,7-8,10-11,17H,5-6,16H2,1-2H3/t8-,10+,11+/m0/s1. The Morgan fingerprint density at radius 2 is 2.25 bits per heavy atom. The monoisotopic (exact) mass is 269 g/mol. The molecule has 0 saturated heterocycles. The van der Waals surface area contributed by atoms with Gasteiger partial charge in [-0.1, -0.05) is 6.92 Å². The van der Waals surface area contributed by atoms with Gasteiger partial charge >= 0.3 is 0 Å². The number of fused-ring (bicyclic) bond motifs is 3. The summed E-state index contributed by atoms with van der Waals surface area (Å²) >= 11 is 0. The van der Waals surface area contributed by atoms with E-state index in [1.165, 1.54) is 5.69 Å². The van der Waals surface area contributed by atoms with Crippen LogP contribution in [-0.4, -0.2) is 25.4 Å². The molecule has 0 aromatic carbocycles. The lowest BCUT2D eigenvalue weighted by Crippen LogP contribution is -2.15. The van der Waals surface area contributed by atoms with Crippen molar-refractivity contribution < 1.29 is 0 Å². The van der Waals surface area contributed by atoms with Crippen LogP contribution in [0.15, 0.2) is 18.5 Å². The number of rotatable bonds is 1. The molecule has 3 N–H and O–H groups in total. The number of nitrogens with one attached hydrogen (secondary N) is 1. The maximum absolute atomic E-state index is 6.16. The third kappa shape index (κ3) is 1.53. The van der Waals surface area contributed by atoms with Crippen molar-refractivity contribution in [1.29, 1.82) is 0 Å². The smallest absolute Gasteiger partial charge is 0.156 e. The molecule has 1 saturated carbocycles. The summed E-state index contributed by atoms with van der Waals surface area (Å²) in [4.78, 5) is 12.3. The van der Waals surface area contributed by atoms with E-state index in [2.05, 4.69) is 34.3 Å². The minimum absolute atomic E-state index is 0.309. The second-order valence-electron chi connectivity index (χ2n) is 6.06. The van der Waals surface area contributed by atoms with E-state index in [4.69, 9.17) is 10.7 Å². The van der Waals surface area contributed by atoms with Crippen molar-refractivity contribution in [2.75, 3.05) is 0 Å². The molecule has 1 aliphatic rings. The van der Waals surface area contributed by atoms with E-state index in [-0.39, 0.29) is 0 Å². The molecule has 0 spiro atoms. The molecule has 3 atom stereocenters. The number of aromatic nitrogens is 4. The van der Waals surface area contributed by atoms with Crippen LogP contribution in [0.3, 0.4) is 0 Å². The summed E-state index contributed by atoms with van der Waals surface area (Å²) < 4.78 is 2.26. The fraction of sp³-hybridized carbons (Fsp3) is 0.467. The zero-order valence-corrected chi connectivity index (χ0v) is 11.8. The average molecular weight is 269 g/mol. The molecule has 5 nitrogen and oxygen atoms in total. The fourth-order valence-electron chi connectivity index (χ4n) is 3.77. The largest absolute Gasteiger partial charge is 0.345 e. The lowest BCUT2D eigenvalue weighted by Gasteiger charge is -2.16. The molecule has 20 heavy (non-hydrogen) atoms. The summed E-state index contributed by atoms with van der Waals surface area (Å²) in [6.07, 6.45) is 5.91. The predicted octanol–water partition coefficient (Wildman–Crippen LogP) is 2.36. The molecule has 1 fully saturated rings. The van der Waals surface area contributed by atoms with Gasteiger partial charge in [-0.05, 0) is 31.7 Å². The van der Waals surface area contributed by atoms with Crippen LogP contribution >= 0.6 is 0 Å². The molecule has 5 heteroatoms. The molecule has 0 radical (unpaired) electrons. The molecule has 1 aliphatic carbocycles. The zero-order valence-electron chi connectivity index (χ0n) is 11.8. The van der Waals surface area contributed by atoms with Crippen LogP contribution in [0.4, 0.5) is 0 Å². The van der Waals surface area contributed by atoms with Crippen molar-refractivity contribution in [3.63, 3.8) is 0 Å². The van der Waals surface area contributed by atoms with Crippen LogP contribution in [0.25, 0.3) is 16.8 Å². The van der Waals surface area contributed by atoms with Crippen LogP contribution < -0.4 is 5.73 Å². The number of imidazole rings is 1. The summed E-state index contributed by atoms with van der Waals surface area (Å²) in [5.41, 5.74) is 11.5.